The van der Waals surface area contributed by atoms with Crippen LogP contribution in [0.1, 0.15) is 24.2 Å². The summed E-state index contributed by atoms with van der Waals surface area (Å²) in [7, 11) is 1.57. The maximum Gasteiger partial charge on any atom is 0.262 e. The van der Waals surface area contributed by atoms with Gasteiger partial charge >= 0.3 is 0 Å². The van der Waals surface area contributed by atoms with Crippen LogP contribution < -0.4 is 5.32 Å². The number of nitrogens with one attached hydrogen (secondary N) is 1. The Labute approximate surface area is 91.2 Å². The minimum atomic E-state index is -2.69. The molecule has 0 aliphatic carbocycles. The highest BCUT2D eigenvalue weighted by atomic mass is 19.3. The summed E-state index contributed by atoms with van der Waals surface area (Å²) in [5, 5.41) is 6.35. The zero-order valence-electron chi connectivity index (χ0n) is 8.87. The molecule has 0 spiro atoms. The van der Waals surface area contributed by atoms with Gasteiger partial charge in [-0.05, 0) is 0 Å². The third-order valence-corrected chi connectivity index (χ3v) is 2.42. The zero-order chi connectivity index (χ0) is 11.6. The number of hydrogen-bond donors (Lipinski definition) is 1. The second kappa shape index (κ2) is 4.42. The van der Waals surface area contributed by atoms with Crippen LogP contribution in [0.2, 0.25) is 0 Å². The van der Waals surface area contributed by atoms with E-state index in [1.54, 1.807) is 7.11 Å². The number of hydrogen-bond acceptors (Lipinski definition) is 5. The molecular weight excluding hydrogens is 220 g/mol. The summed E-state index contributed by atoms with van der Waals surface area (Å²) in [6, 6.07) is -0.543. The van der Waals surface area contributed by atoms with Crippen LogP contribution in [-0.2, 0) is 11.2 Å². The second-order valence-electron chi connectivity index (χ2n) is 3.79. The maximum atomic E-state index is 12.9. The summed E-state index contributed by atoms with van der Waals surface area (Å²) in [4.78, 5) is 4.04. The standard InChI is InChI=1S/C9H13F2N3O2/c1-15-3-2-7-13-8(16-14-7)6-4-9(10,11)5-12-6/h6,12H,2-5H2,1H3/t6-/m0/s1. The van der Waals surface area contributed by atoms with Gasteiger partial charge in [0.25, 0.3) is 5.92 Å². The molecule has 0 bridgehead atoms. The summed E-state index contributed by atoms with van der Waals surface area (Å²) in [6.45, 7) is 0.140. The van der Waals surface area contributed by atoms with E-state index in [4.69, 9.17) is 9.26 Å². The molecule has 1 N–H and O–H groups in total. The Morgan fingerprint density at radius 3 is 3.06 bits per heavy atom. The molecule has 2 heterocycles. The summed E-state index contributed by atoms with van der Waals surface area (Å²) >= 11 is 0. The third kappa shape index (κ3) is 2.53. The SMILES string of the molecule is COCCc1noc([C@@H]2CC(F)(F)CN2)n1. The molecule has 1 fully saturated rings. The molecule has 0 radical (unpaired) electrons. The first-order valence-corrected chi connectivity index (χ1v) is 5.03. The van der Waals surface area contributed by atoms with Crippen molar-refractivity contribution in [3.8, 4) is 0 Å². The van der Waals surface area contributed by atoms with Crippen molar-refractivity contribution in [3.63, 3.8) is 0 Å². The average molecular weight is 233 g/mol. The molecular formula is C9H13F2N3O2. The van der Waals surface area contributed by atoms with Gasteiger partial charge in [-0.3, -0.25) is 5.32 Å². The van der Waals surface area contributed by atoms with Crippen LogP contribution in [0.25, 0.3) is 0 Å². The number of nitrogens with zero attached hydrogens (tertiary/aromatic N) is 2. The fourth-order valence-corrected chi connectivity index (χ4v) is 1.59. The number of aromatic nitrogens is 2. The summed E-state index contributed by atoms with van der Waals surface area (Å²) < 4.78 is 35.6. The van der Waals surface area contributed by atoms with Crippen molar-refractivity contribution in [1.82, 2.24) is 15.5 Å². The van der Waals surface area contributed by atoms with Crippen LogP contribution in [-0.4, -0.2) is 36.3 Å². The lowest BCUT2D eigenvalue weighted by atomic mass is 10.2. The van der Waals surface area contributed by atoms with E-state index in [1.807, 2.05) is 0 Å². The Morgan fingerprint density at radius 2 is 2.44 bits per heavy atom. The van der Waals surface area contributed by atoms with Gasteiger partial charge in [0.2, 0.25) is 5.89 Å². The van der Waals surface area contributed by atoms with Crippen molar-refractivity contribution in [2.24, 2.45) is 0 Å². The van der Waals surface area contributed by atoms with Crippen LogP contribution in [0.15, 0.2) is 4.52 Å². The van der Waals surface area contributed by atoms with Gasteiger partial charge in [0.15, 0.2) is 5.82 Å². The molecule has 1 aliphatic rings. The van der Waals surface area contributed by atoms with Gasteiger partial charge in [0.1, 0.15) is 0 Å². The third-order valence-electron chi connectivity index (χ3n) is 2.42. The van der Waals surface area contributed by atoms with Gasteiger partial charge in [0.05, 0.1) is 19.2 Å². The molecule has 1 aromatic rings. The Bertz CT molecular complexity index is 356. The molecule has 90 valence electrons. The van der Waals surface area contributed by atoms with E-state index in [1.165, 1.54) is 0 Å². The Morgan fingerprint density at radius 1 is 1.62 bits per heavy atom. The van der Waals surface area contributed by atoms with Crippen LogP contribution in [0.3, 0.4) is 0 Å². The fraction of sp³-hybridized carbons (Fsp3) is 0.778. The Kier molecular flexibility index (Phi) is 3.15. The first-order valence-electron chi connectivity index (χ1n) is 5.03. The normalized spacial score (nSPS) is 23.8. The predicted octanol–water partition coefficient (Wildman–Crippen LogP) is 0.928. The van der Waals surface area contributed by atoms with Gasteiger partial charge in [-0.25, -0.2) is 8.78 Å². The monoisotopic (exact) mass is 233 g/mol. The van der Waals surface area contributed by atoms with E-state index in [9.17, 15) is 8.78 Å². The Balaban J connectivity index is 1.97. The number of methoxy groups -OCH3 is 1. The van der Waals surface area contributed by atoms with E-state index in [0.717, 1.165) is 0 Å². The summed E-state index contributed by atoms with van der Waals surface area (Å²) in [5.74, 6) is -1.98. The van der Waals surface area contributed by atoms with Crippen molar-refractivity contribution in [2.75, 3.05) is 20.3 Å². The lowest BCUT2D eigenvalue weighted by molar-refractivity contribution is 0.0200. The van der Waals surface area contributed by atoms with E-state index in [2.05, 4.69) is 15.5 Å². The highest BCUT2D eigenvalue weighted by Gasteiger charge is 2.42. The molecule has 16 heavy (non-hydrogen) atoms. The highest BCUT2D eigenvalue weighted by Crippen LogP contribution is 2.32. The van der Waals surface area contributed by atoms with Crippen molar-refractivity contribution in [2.45, 2.75) is 24.8 Å². The van der Waals surface area contributed by atoms with E-state index >= 15 is 0 Å². The largest absolute Gasteiger partial charge is 0.384 e. The quantitative estimate of drug-likeness (QED) is 0.838. The van der Waals surface area contributed by atoms with E-state index in [-0.39, 0.29) is 18.9 Å². The van der Waals surface area contributed by atoms with Gasteiger partial charge in [-0.2, -0.15) is 4.98 Å². The predicted molar refractivity (Wildman–Crippen MR) is 50.2 cm³/mol. The Hall–Kier alpha value is -1.08. The first-order chi connectivity index (χ1) is 7.61. The number of alkyl halides is 2. The molecule has 0 saturated carbocycles. The average Bonchev–Trinajstić information content (AvgIpc) is 2.81. The lowest BCUT2D eigenvalue weighted by Crippen LogP contribution is -2.19. The molecule has 2 rings (SSSR count). The summed E-state index contributed by atoms with van der Waals surface area (Å²) in [6.07, 6.45) is 0.224. The van der Waals surface area contributed by atoms with Crippen molar-refractivity contribution in [3.05, 3.63) is 11.7 Å². The van der Waals surface area contributed by atoms with Gasteiger partial charge in [-0.15, -0.1) is 0 Å². The molecule has 0 amide bonds. The second-order valence-corrected chi connectivity index (χ2v) is 3.79. The zero-order valence-corrected chi connectivity index (χ0v) is 8.87. The molecule has 1 aromatic heterocycles. The smallest absolute Gasteiger partial charge is 0.262 e. The van der Waals surface area contributed by atoms with Crippen molar-refractivity contribution >= 4 is 0 Å². The molecule has 1 atom stereocenters. The van der Waals surface area contributed by atoms with Crippen LogP contribution >= 0.6 is 0 Å². The fourth-order valence-electron chi connectivity index (χ4n) is 1.59. The lowest BCUT2D eigenvalue weighted by Gasteiger charge is -2.04. The van der Waals surface area contributed by atoms with Crippen molar-refractivity contribution in [1.29, 1.82) is 0 Å². The molecule has 5 nitrogen and oxygen atoms in total. The first kappa shape index (κ1) is 11.4. The number of ether oxygens (including phenoxy) is 1. The molecule has 0 aromatic carbocycles. The van der Waals surface area contributed by atoms with Crippen molar-refractivity contribution < 1.29 is 18.0 Å². The maximum absolute atomic E-state index is 12.9. The van der Waals surface area contributed by atoms with Crippen LogP contribution in [0.5, 0.6) is 0 Å². The number of halogens is 2. The van der Waals surface area contributed by atoms with Crippen LogP contribution in [0.4, 0.5) is 8.78 Å². The summed E-state index contributed by atoms with van der Waals surface area (Å²) in [5.41, 5.74) is 0. The molecule has 1 saturated heterocycles. The van der Waals surface area contributed by atoms with Gasteiger partial charge in [0, 0.05) is 20.0 Å². The van der Waals surface area contributed by atoms with E-state index in [0.29, 0.717) is 18.9 Å². The minimum absolute atomic E-state index is 0.225. The molecule has 7 heteroatoms. The molecule has 0 unspecified atom stereocenters. The number of rotatable bonds is 4. The molecule has 1 aliphatic heterocycles. The van der Waals surface area contributed by atoms with Gasteiger partial charge < -0.3 is 9.26 Å². The van der Waals surface area contributed by atoms with Crippen LogP contribution in [0, 0.1) is 0 Å². The van der Waals surface area contributed by atoms with Gasteiger partial charge in [-0.1, -0.05) is 5.16 Å². The minimum Gasteiger partial charge on any atom is -0.384 e. The highest BCUT2D eigenvalue weighted by molar-refractivity contribution is 4.99. The topological polar surface area (TPSA) is 60.2 Å². The van der Waals surface area contributed by atoms with E-state index < -0.39 is 12.0 Å².